The highest BCUT2D eigenvalue weighted by Crippen LogP contribution is 2.20. The van der Waals surface area contributed by atoms with E-state index in [0.717, 1.165) is 19.8 Å². The number of carboxylic acids is 1. The Morgan fingerprint density at radius 1 is 1.32 bits per heavy atom. The maximum absolute atomic E-state index is 11.2. The second kappa shape index (κ2) is 10.4. The molecule has 0 fully saturated rings. The molecule has 0 aromatic carbocycles. The van der Waals surface area contributed by atoms with Crippen LogP contribution in [0, 0.1) is 0 Å². The number of hydrogen-bond donors (Lipinski definition) is 1. The molecule has 1 N–H and O–H groups in total. The van der Waals surface area contributed by atoms with Crippen LogP contribution in [0.25, 0.3) is 0 Å². The van der Waals surface area contributed by atoms with E-state index in [2.05, 4.69) is 26.5 Å². The minimum Gasteiger partial charge on any atom is -0.481 e. The zero-order valence-corrected chi connectivity index (χ0v) is 12.7. The zero-order chi connectivity index (χ0) is 15.5. The van der Waals surface area contributed by atoms with Crippen LogP contribution in [0.3, 0.4) is 0 Å². The van der Waals surface area contributed by atoms with E-state index in [1.54, 1.807) is 13.0 Å². The lowest BCUT2D eigenvalue weighted by molar-refractivity contribution is -0.153. The van der Waals surface area contributed by atoms with E-state index in [1.165, 1.54) is 5.57 Å². The second-order valence-corrected chi connectivity index (χ2v) is 4.68. The fraction of sp³-hybridized carbons (Fsp3) is 0.600. The SMILES string of the molecule is C=CC(C)(CCC=C(C)C)OC(=O)CC.CC(=O)O. The third-order valence-corrected chi connectivity index (χ3v) is 2.26. The van der Waals surface area contributed by atoms with E-state index < -0.39 is 11.6 Å². The molecular formula is C15H26O4. The number of aliphatic carboxylic acids is 1. The average Bonchev–Trinajstić information content (AvgIpc) is 2.27. The van der Waals surface area contributed by atoms with Crippen molar-refractivity contribution in [3.05, 3.63) is 24.3 Å². The molecule has 0 aliphatic carbocycles. The van der Waals surface area contributed by atoms with Gasteiger partial charge in [-0.2, -0.15) is 0 Å². The molecule has 0 bridgehead atoms. The first kappa shape index (κ1) is 19.8. The Morgan fingerprint density at radius 2 is 1.79 bits per heavy atom. The van der Waals surface area contributed by atoms with E-state index in [9.17, 15) is 4.79 Å². The third kappa shape index (κ3) is 14.4. The van der Waals surface area contributed by atoms with Crippen LogP contribution >= 0.6 is 0 Å². The van der Waals surface area contributed by atoms with Crippen molar-refractivity contribution in [1.29, 1.82) is 0 Å². The van der Waals surface area contributed by atoms with Crippen LogP contribution in [-0.4, -0.2) is 22.6 Å². The van der Waals surface area contributed by atoms with Gasteiger partial charge in [0.1, 0.15) is 5.60 Å². The summed E-state index contributed by atoms with van der Waals surface area (Å²) in [7, 11) is 0. The van der Waals surface area contributed by atoms with Crippen molar-refractivity contribution in [2.24, 2.45) is 0 Å². The highest BCUT2D eigenvalue weighted by atomic mass is 16.6. The number of carbonyl (C=O) groups excluding carboxylic acids is 1. The Hall–Kier alpha value is -1.58. The minimum absolute atomic E-state index is 0.172. The summed E-state index contributed by atoms with van der Waals surface area (Å²) >= 11 is 0. The van der Waals surface area contributed by atoms with Crippen molar-refractivity contribution in [2.75, 3.05) is 0 Å². The van der Waals surface area contributed by atoms with Crippen molar-refractivity contribution in [3.8, 4) is 0 Å². The molecule has 0 aliphatic rings. The first-order valence-electron chi connectivity index (χ1n) is 6.35. The predicted molar refractivity (Wildman–Crippen MR) is 77.0 cm³/mol. The summed E-state index contributed by atoms with van der Waals surface area (Å²) in [5.41, 5.74) is 0.752. The van der Waals surface area contributed by atoms with E-state index in [-0.39, 0.29) is 5.97 Å². The highest BCUT2D eigenvalue weighted by molar-refractivity contribution is 5.69. The summed E-state index contributed by atoms with van der Waals surface area (Å²) in [6.07, 6.45) is 5.95. The molecule has 0 aromatic rings. The van der Waals surface area contributed by atoms with Crippen LogP contribution in [0.5, 0.6) is 0 Å². The largest absolute Gasteiger partial charge is 0.481 e. The van der Waals surface area contributed by atoms with Crippen molar-refractivity contribution in [3.63, 3.8) is 0 Å². The number of esters is 1. The number of carbonyl (C=O) groups is 2. The highest BCUT2D eigenvalue weighted by Gasteiger charge is 2.23. The Bertz CT molecular complexity index is 323. The van der Waals surface area contributed by atoms with E-state index >= 15 is 0 Å². The van der Waals surface area contributed by atoms with Crippen molar-refractivity contribution in [2.45, 2.75) is 59.5 Å². The monoisotopic (exact) mass is 270 g/mol. The van der Waals surface area contributed by atoms with Crippen molar-refractivity contribution >= 4 is 11.9 Å². The first-order chi connectivity index (χ1) is 8.66. The lowest BCUT2D eigenvalue weighted by Gasteiger charge is -2.25. The topological polar surface area (TPSA) is 63.6 Å². The van der Waals surface area contributed by atoms with Crippen LogP contribution in [0.2, 0.25) is 0 Å². The molecule has 0 heterocycles. The van der Waals surface area contributed by atoms with E-state index in [1.807, 2.05) is 6.92 Å². The zero-order valence-electron chi connectivity index (χ0n) is 12.7. The summed E-state index contributed by atoms with van der Waals surface area (Å²) in [5, 5.41) is 7.42. The Balaban J connectivity index is 0. The van der Waals surface area contributed by atoms with Crippen LogP contribution in [0.1, 0.15) is 53.9 Å². The third-order valence-electron chi connectivity index (χ3n) is 2.26. The molecule has 110 valence electrons. The normalized spacial score (nSPS) is 12.3. The van der Waals surface area contributed by atoms with Crippen molar-refractivity contribution < 1.29 is 19.4 Å². The first-order valence-corrected chi connectivity index (χ1v) is 6.35. The van der Waals surface area contributed by atoms with Gasteiger partial charge >= 0.3 is 5.97 Å². The van der Waals surface area contributed by atoms with Gasteiger partial charge in [0.2, 0.25) is 0 Å². The van der Waals surface area contributed by atoms with Crippen LogP contribution in [0.15, 0.2) is 24.3 Å². The Kier molecular flexibility index (Phi) is 10.8. The van der Waals surface area contributed by atoms with Crippen molar-refractivity contribution in [1.82, 2.24) is 0 Å². The predicted octanol–water partition coefficient (Wildman–Crippen LogP) is 3.72. The number of hydrogen-bond acceptors (Lipinski definition) is 3. The van der Waals surface area contributed by atoms with Gasteiger partial charge in [-0.1, -0.05) is 25.2 Å². The van der Waals surface area contributed by atoms with E-state index in [4.69, 9.17) is 14.6 Å². The van der Waals surface area contributed by atoms with Gasteiger partial charge < -0.3 is 9.84 Å². The maximum Gasteiger partial charge on any atom is 0.306 e. The van der Waals surface area contributed by atoms with Gasteiger partial charge in [-0.15, -0.1) is 0 Å². The molecule has 19 heavy (non-hydrogen) atoms. The fourth-order valence-electron chi connectivity index (χ4n) is 1.17. The molecule has 1 unspecified atom stereocenters. The van der Waals surface area contributed by atoms with Gasteiger partial charge in [0.05, 0.1) is 0 Å². The van der Waals surface area contributed by atoms with Gasteiger partial charge in [0.15, 0.2) is 0 Å². The molecule has 0 saturated heterocycles. The standard InChI is InChI=1S/C13H22O2.C2H4O2/c1-6-12(14)15-13(5,7-2)10-8-9-11(3)4;1-2(3)4/h7,9H,2,6,8,10H2,1,3-5H3;1H3,(H,3,4). The molecule has 4 heteroatoms. The van der Waals surface area contributed by atoms with E-state index in [0.29, 0.717) is 6.42 Å². The number of carboxylic acid groups (broad SMARTS) is 1. The van der Waals surface area contributed by atoms with Crippen LogP contribution in [0.4, 0.5) is 0 Å². The smallest absolute Gasteiger partial charge is 0.306 e. The Morgan fingerprint density at radius 3 is 2.11 bits per heavy atom. The molecular weight excluding hydrogens is 244 g/mol. The second-order valence-electron chi connectivity index (χ2n) is 4.68. The minimum atomic E-state index is -0.833. The fourth-order valence-corrected chi connectivity index (χ4v) is 1.17. The summed E-state index contributed by atoms with van der Waals surface area (Å²) in [5.74, 6) is -1.00. The lowest BCUT2D eigenvalue weighted by atomic mass is 9.99. The van der Waals surface area contributed by atoms with Gasteiger partial charge in [-0.3, -0.25) is 9.59 Å². The maximum atomic E-state index is 11.2. The average molecular weight is 270 g/mol. The van der Waals surface area contributed by atoms with Gasteiger partial charge in [0, 0.05) is 13.3 Å². The summed E-state index contributed by atoms with van der Waals surface area (Å²) < 4.78 is 5.33. The number of rotatable bonds is 6. The summed E-state index contributed by atoms with van der Waals surface area (Å²) in [6.45, 7) is 12.6. The lowest BCUT2D eigenvalue weighted by Crippen LogP contribution is -2.28. The molecule has 0 spiro atoms. The van der Waals surface area contributed by atoms with Crippen LogP contribution < -0.4 is 0 Å². The molecule has 0 aromatic heterocycles. The van der Waals surface area contributed by atoms with Gasteiger partial charge in [-0.05, 0) is 39.7 Å². The molecule has 0 aliphatic heterocycles. The molecule has 0 radical (unpaired) electrons. The number of ether oxygens (including phenoxy) is 1. The number of allylic oxidation sites excluding steroid dienone is 2. The van der Waals surface area contributed by atoms with Gasteiger partial charge in [0.25, 0.3) is 5.97 Å². The summed E-state index contributed by atoms with van der Waals surface area (Å²) in [6, 6.07) is 0. The summed E-state index contributed by atoms with van der Waals surface area (Å²) in [4.78, 5) is 20.2. The molecule has 0 saturated carbocycles. The van der Waals surface area contributed by atoms with Crippen LogP contribution in [-0.2, 0) is 14.3 Å². The van der Waals surface area contributed by atoms with Gasteiger partial charge in [-0.25, -0.2) is 0 Å². The molecule has 1 atom stereocenters. The molecule has 4 nitrogen and oxygen atoms in total. The molecule has 0 amide bonds. The Labute approximate surface area is 116 Å². The quantitative estimate of drug-likeness (QED) is 0.590. The molecule has 0 rings (SSSR count).